The van der Waals surface area contributed by atoms with Crippen LogP contribution in [-0.4, -0.2) is 11.4 Å². The summed E-state index contributed by atoms with van der Waals surface area (Å²) in [6, 6.07) is 34.2. The fourth-order valence-electron chi connectivity index (χ4n) is 5.23. The van der Waals surface area contributed by atoms with Gasteiger partial charge in [-0.05, 0) is 75.9 Å². The van der Waals surface area contributed by atoms with Gasteiger partial charge < -0.3 is 0 Å². The molecule has 42 heavy (non-hydrogen) atoms. The van der Waals surface area contributed by atoms with E-state index in [1.807, 2.05) is 0 Å². The predicted octanol–water partition coefficient (Wildman–Crippen LogP) is 11.3. The molecule has 0 radical (unpaired) electrons. The molecular formula is C36H34Cl2FeN2S. The molecule has 0 fully saturated rings. The normalized spacial score (nSPS) is 11.8. The summed E-state index contributed by atoms with van der Waals surface area (Å²) in [5.41, 5.74) is 13.5. The van der Waals surface area contributed by atoms with Gasteiger partial charge in [-0.25, -0.2) is 9.98 Å². The topological polar surface area (TPSA) is 24.7 Å². The van der Waals surface area contributed by atoms with Gasteiger partial charge in [0.25, 0.3) is 0 Å². The second kappa shape index (κ2) is 15.0. The van der Waals surface area contributed by atoms with Crippen LogP contribution in [0.4, 0.5) is 11.4 Å². The van der Waals surface area contributed by atoms with E-state index in [1.54, 1.807) is 11.3 Å². The van der Waals surface area contributed by atoms with Crippen LogP contribution in [0.2, 0.25) is 0 Å². The summed E-state index contributed by atoms with van der Waals surface area (Å²) < 4.78 is 0. The Hall–Kier alpha value is -2.98. The molecule has 5 rings (SSSR count). The van der Waals surface area contributed by atoms with Gasteiger partial charge in [-0.1, -0.05) is 96.1 Å². The number of thiophene rings is 1. The van der Waals surface area contributed by atoms with Crippen molar-refractivity contribution in [3.63, 3.8) is 0 Å². The van der Waals surface area contributed by atoms with Gasteiger partial charge in [0.2, 0.25) is 0 Å². The third kappa shape index (κ3) is 7.89. The van der Waals surface area contributed by atoms with Crippen molar-refractivity contribution in [2.45, 2.75) is 41.5 Å². The second-order valence-corrected chi connectivity index (χ2v) is 13.3. The molecule has 0 aliphatic rings. The Bertz CT molecular complexity index is 1550. The third-order valence-electron chi connectivity index (χ3n) is 6.89. The first-order valence-corrected chi connectivity index (χ1v) is 17.5. The van der Waals surface area contributed by atoms with Crippen molar-refractivity contribution < 1.29 is 13.1 Å². The van der Waals surface area contributed by atoms with E-state index in [0.29, 0.717) is 0 Å². The van der Waals surface area contributed by atoms with E-state index in [2.05, 4.69) is 139 Å². The number of rotatable bonds is 6. The van der Waals surface area contributed by atoms with E-state index in [9.17, 15) is 0 Å². The maximum absolute atomic E-state index is 5.29. The van der Waals surface area contributed by atoms with Crippen molar-refractivity contribution in [1.29, 1.82) is 0 Å². The molecule has 4 aromatic carbocycles. The Morgan fingerprint density at radius 2 is 0.833 bits per heavy atom. The minimum atomic E-state index is 0.194. The SMILES string of the molecule is Cc1cc(C)c(N=C(c2ccccc2)c2ccc(C(=Nc3c(C)cc(C)cc3C)c3ccccc3)s2)c(C)c1.[Cl][Fe][Cl]. The molecule has 1 aromatic heterocycles. The molecule has 1 heterocycles. The monoisotopic (exact) mass is 652 g/mol. The minimum absolute atomic E-state index is 0.194. The number of nitrogens with zero attached hydrogens (tertiary/aromatic N) is 2. The third-order valence-corrected chi connectivity index (χ3v) is 7.98. The predicted molar refractivity (Wildman–Crippen MR) is 181 cm³/mol. The summed E-state index contributed by atoms with van der Waals surface area (Å²) in [4.78, 5) is 12.8. The molecular weight excluding hydrogens is 619 g/mol. The van der Waals surface area contributed by atoms with Crippen LogP contribution in [0.1, 0.15) is 54.3 Å². The van der Waals surface area contributed by atoms with Crippen LogP contribution in [0.5, 0.6) is 0 Å². The Labute approximate surface area is 268 Å². The Balaban J connectivity index is 0.00000129. The number of aliphatic imine (C=N–C) groups is 2. The Kier molecular flexibility index (Phi) is 11.4. The molecule has 0 N–H and O–H groups in total. The van der Waals surface area contributed by atoms with Gasteiger partial charge in [0.15, 0.2) is 0 Å². The first-order chi connectivity index (χ1) is 20.2. The van der Waals surface area contributed by atoms with Gasteiger partial charge >= 0.3 is 33.3 Å². The number of hydrogen-bond acceptors (Lipinski definition) is 3. The van der Waals surface area contributed by atoms with Crippen LogP contribution in [0, 0.1) is 41.5 Å². The van der Waals surface area contributed by atoms with E-state index in [1.165, 1.54) is 33.4 Å². The zero-order valence-corrected chi connectivity index (χ0v) is 28.1. The van der Waals surface area contributed by atoms with Crippen LogP contribution in [0.15, 0.2) is 107 Å². The van der Waals surface area contributed by atoms with Crippen molar-refractivity contribution >= 4 is 54.3 Å². The molecule has 0 saturated heterocycles. The zero-order chi connectivity index (χ0) is 30.2. The van der Waals surface area contributed by atoms with Crippen LogP contribution in [0.3, 0.4) is 0 Å². The molecule has 0 bridgehead atoms. The van der Waals surface area contributed by atoms with E-state index >= 15 is 0 Å². The van der Waals surface area contributed by atoms with Gasteiger partial charge in [0.05, 0.1) is 32.6 Å². The molecule has 0 amide bonds. The van der Waals surface area contributed by atoms with E-state index in [-0.39, 0.29) is 13.1 Å². The molecule has 0 saturated carbocycles. The Morgan fingerprint density at radius 1 is 0.524 bits per heavy atom. The summed E-state index contributed by atoms with van der Waals surface area (Å²) >= 11 is 1.94. The van der Waals surface area contributed by atoms with Gasteiger partial charge in [0.1, 0.15) is 0 Å². The van der Waals surface area contributed by atoms with E-state index in [4.69, 9.17) is 30.2 Å². The van der Waals surface area contributed by atoms with Crippen molar-refractivity contribution in [2.24, 2.45) is 9.98 Å². The average Bonchev–Trinajstić information content (AvgIpc) is 3.43. The van der Waals surface area contributed by atoms with Crippen molar-refractivity contribution in [3.05, 3.63) is 151 Å². The molecule has 0 unspecified atom stereocenters. The average molecular weight is 654 g/mol. The summed E-state index contributed by atoms with van der Waals surface area (Å²) in [5.74, 6) is 0. The fourth-order valence-corrected chi connectivity index (χ4v) is 6.26. The molecule has 6 heteroatoms. The van der Waals surface area contributed by atoms with Crippen LogP contribution in [0.25, 0.3) is 0 Å². The first kappa shape index (κ1) is 31.9. The molecule has 216 valence electrons. The van der Waals surface area contributed by atoms with Crippen molar-refractivity contribution in [1.82, 2.24) is 0 Å². The molecule has 2 nitrogen and oxygen atoms in total. The standard InChI is InChI=1S/C36H34N2S.2ClH.Fe/c1-23-19-25(3)33(26(4)20-23)37-35(29-13-9-7-10-14-29)31-17-18-32(39-31)36(30-15-11-8-12-16-30)38-34-27(5)21-24(2)22-28(34)6;;;/h7-22H,1-6H3;2*1H;/q;;;+2/p-2. The number of hydrogen-bond donors (Lipinski definition) is 0. The van der Waals surface area contributed by atoms with Crippen LogP contribution < -0.4 is 0 Å². The number of aryl methyl sites for hydroxylation is 6. The van der Waals surface area contributed by atoms with Gasteiger partial charge in [-0.2, -0.15) is 0 Å². The molecule has 0 aliphatic heterocycles. The fraction of sp³-hybridized carbons (Fsp3) is 0.167. The quantitative estimate of drug-likeness (QED) is 0.129. The maximum atomic E-state index is 5.29. The second-order valence-electron chi connectivity index (χ2n) is 10.4. The summed E-state index contributed by atoms with van der Waals surface area (Å²) in [5, 5.41) is 0. The van der Waals surface area contributed by atoms with Crippen LogP contribution in [-0.2, 0) is 13.1 Å². The van der Waals surface area contributed by atoms with E-state index < -0.39 is 0 Å². The Morgan fingerprint density at radius 3 is 1.14 bits per heavy atom. The zero-order valence-electron chi connectivity index (χ0n) is 24.6. The number of halogens is 2. The number of benzene rings is 4. The summed E-state index contributed by atoms with van der Waals surface area (Å²) in [7, 11) is 9.53. The van der Waals surface area contributed by atoms with Gasteiger partial charge in [0, 0.05) is 11.1 Å². The molecule has 5 aromatic rings. The van der Waals surface area contributed by atoms with E-state index in [0.717, 1.165) is 43.7 Å². The first-order valence-electron chi connectivity index (χ1n) is 13.6. The molecule has 0 aliphatic carbocycles. The van der Waals surface area contributed by atoms with Crippen molar-refractivity contribution in [2.75, 3.05) is 0 Å². The van der Waals surface area contributed by atoms with Gasteiger partial charge in [-0.15, -0.1) is 11.3 Å². The molecule has 0 atom stereocenters. The summed E-state index contributed by atoms with van der Waals surface area (Å²) in [6.07, 6.45) is 0. The van der Waals surface area contributed by atoms with Crippen molar-refractivity contribution in [3.8, 4) is 0 Å². The van der Waals surface area contributed by atoms with Gasteiger partial charge in [-0.3, -0.25) is 0 Å². The molecule has 0 spiro atoms. The van der Waals surface area contributed by atoms with Crippen LogP contribution >= 0.6 is 31.5 Å². The summed E-state index contributed by atoms with van der Waals surface area (Å²) in [6.45, 7) is 12.9.